The lowest BCUT2D eigenvalue weighted by atomic mass is 10.1. The van der Waals surface area contributed by atoms with Gasteiger partial charge in [0.15, 0.2) is 5.96 Å². The number of hydrogen-bond acceptors (Lipinski definition) is 3. The third-order valence-corrected chi connectivity index (χ3v) is 5.15. The van der Waals surface area contributed by atoms with Gasteiger partial charge in [-0.05, 0) is 30.9 Å². The zero-order valence-corrected chi connectivity index (χ0v) is 15.7. The second-order valence-electron chi connectivity index (χ2n) is 6.63. The molecule has 2 aromatic rings. The lowest BCUT2D eigenvalue weighted by Gasteiger charge is -2.11. The summed E-state index contributed by atoms with van der Waals surface area (Å²) in [6.07, 6.45) is 0.931. The Labute approximate surface area is 152 Å². The normalized spacial score (nSPS) is 20.0. The highest BCUT2D eigenvalue weighted by molar-refractivity contribution is 7.09. The third kappa shape index (κ3) is 4.57. The van der Waals surface area contributed by atoms with Gasteiger partial charge in [0.2, 0.25) is 0 Å². The highest BCUT2D eigenvalue weighted by atomic mass is 32.1. The molecule has 6 heteroatoms. The molecule has 1 aliphatic rings. The summed E-state index contributed by atoms with van der Waals surface area (Å²) in [5, 5.41) is 9.80. The van der Waals surface area contributed by atoms with E-state index >= 15 is 0 Å². The summed E-state index contributed by atoms with van der Waals surface area (Å²) in [6, 6.07) is 7.25. The summed E-state index contributed by atoms with van der Waals surface area (Å²) in [5.41, 5.74) is 1.91. The van der Waals surface area contributed by atoms with E-state index in [0.29, 0.717) is 12.5 Å². The van der Waals surface area contributed by atoms with Gasteiger partial charge in [0.1, 0.15) is 10.8 Å². The lowest BCUT2D eigenvalue weighted by molar-refractivity contribution is 0.607. The zero-order chi connectivity index (χ0) is 17.8. The molecule has 25 heavy (non-hydrogen) atoms. The number of nitrogens with one attached hydrogen (secondary N) is 2. The molecular weight excluding hydrogens is 335 g/mol. The first-order valence-corrected chi connectivity index (χ1v) is 9.70. The van der Waals surface area contributed by atoms with Crippen molar-refractivity contribution in [2.75, 3.05) is 6.54 Å². The van der Waals surface area contributed by atoms with E-state index in [9.17, 15) is 4.39 Å². The van der Waals surface area contributed by atoms with E-state index in [1.165, 1.54) is 6.07 Å². The van der Waals surface area contributed by atoms with Crippen LogP contribution in [-0.4, -0.2) is 23.5 Å². The molecule has 2 N–H and O–H groups in total. The van der Waals surface area contributed by atoms with Gasteiger partial charge in [0.25, 0.3) is 0 Å². The van der Waals surface area contributed by atoms with Crippen molar-refractivity contribution in [2.24, 2.45) is 4.99 Å². The van der Waals surface area contributed by atoms with Crippen molar-refractivity contribution in [1.82, 2.24) is 15.6 Å². The highest BCUT2D eigenvalue weighted by Gasteiger charge is 2.40. The zero-order valence-electron chi connectivity index (χ0n) is 14.9. The van der Waals surface area contributed by atoms with Crippen LogP contribution in [0, 0.1) is 5.82 Å². The monoisotopic (exact) mass is 360 g/mol. The van der Waals surface area contributed by atoms with E-state index in [1.54, 1.807) is 17.4 Å². The van der Waals surface area contributed by atoms with Gasteiger partial charge >= 0.3 is 0 Å². The van der Waals surface area contributed by atoms with Crippen molar-refractivity contribution in [3.8, 4) is 0 Å². The first kappa shape index (κ1) is 17.9. The SMILES string of the molecule is CCNC(=NCc1nc(C(C)C)cs1)NC1CC1c1ccccc1F. The fraction of sp³-hybridized carbons (Fsp3) is 0.474. The number of rotatable bonds is 6. The van der Waals surface area contributed by atoms with Crippen molar-refractivity contribution >= 4 is 17.3 Å². The average Bonchev–Trinajstić information content (AvgIpc) is 3.17. The minimum atomic E-state index is -0.122. The largest absolute Gasteiger partial charge is 0.357 e. The Hall–Kier alpha value is -1.95. The van der Waals surface area contributed by atoms with E-state index in [0.717, 1.165) is 35.2 Å². The van der Waals surface area contributed by atoms with E-state index in [2.05, 4.69) is 39.8 Å². The van der Waals surface area contributed by atoms with E-state index < -0.39 is 0 Å². The number of hydrogen-bond donors (Lipinski definition) is 2. The molecule has 134 valence electrons. The molecule has 0 amide bonds. The number of halogens is 1. The van der Waals surface area contributed by atoms with Gasteiger partial charge in [-0.2, -0.15) is 0 Å². The smallest absolute Gasteiger partial charge is 0.191 e. The number of aliphatic imine (C=N–C) groups is 1. The molecule has 1 heterocycles. The van der Waals surface area contributed by atoms with Crippen molar-refractivity contribution in [2.45, 2.75) is 51.6 Å². The predicted molar refractivity (Wildman–Crippen MR) is 102 cm³/mol. The molecule has 0 spiro atoms. The predicted octanol–water partition coefficient (Wildman–Crippen LogP) is 4.02. The summed E-state index contributed by atoms with van der Waals surface area (Å²) in [5.74, 6) is 1.31. The number of benzene rings is 1. The Kier molecular flexibility index (Phi) is 5.68. The van der Waals surface area contributed by atoms with Crippen LogP contribution in [0.15, 0.2) is 34.6 Å². The second kappa shape index (κ2) is 7.95. The van der Waals surface area contributed by atoms with Crippen LogP contribution < -0.4 is 10.6 Å². The minimum absolute atomic E-state index is 0.122. The maximum Gasteiger partial charge on any atom is 0.191 e. The number of guanidine groups is 1. The first-order chi connectivity index (χ1) is 12.1. The van der Waals surface area contributed by atoms with E-state index in [4.69, 9.17) is 0 Å². The molecule has 3 rings (SSSR count). The third-order valence-electron chi connectivity index (χ3n) is 4.29. The number of nitrogens with zero attached hydrogens (tertiary/aromatic N) is 2. The van der Waals surface area contributed by atoms with E-state index in [1.807, 2.05) is 19.1 Å². The van der Waals surface area contributed by atoms with Crippen LogP contribution in [0.3, 0.4) is 0 Å². The van der Waals surface area contributed by atoms with Gasteiger partial charge in [0, 0.05) is 23.9 Å². The van der Waals surface area contributed by atoms with Gasteiger partial charge in [0.05, 0.1) is 12.2 Å². The minimum Gasteiger partial charge on any atom is -0.357 e. The Morgan fingerprint density at radius 3 is 2.88 bits per heavy atom. The fourth-order valence-electron chi connectivity index (χ4n) is 2.78. The van der Waals surface area contributed by atoms with Gasteiger partial charge in [-0.25, -0.2) is 14.4 Å². The van der Waals surface area contributed by atoms with Gasteiger partial charge in [-0.3, -0.25) is 0 Å². The van der Waals surface area contributed by atoms with Crippen LogP contribution in [0.4, 0.5) is 4.39 Å². The Morgan fingerprint density at radius 2 is 2.20 bits per heavy atom. The molecule has 1 fully saturated rings. The lowest BCUT2D eigenvalue weighted by Crippen LogP contribution is -2.39. The van der Waals surface area contributed by atoms with Crippen LogP contribution in [0.5, 0.6) is 0 Å². The standard InChI is InChI=1S/C19H25FN4S/c1-4-21-19(22-10-18-23-17(11-25-18)12(2)3)24-16-9-14(16)13-7-5-6-8-15(13)20/h5-8,11-12,14,16H,4,9-10H2,1-3H3,(H2,21,22,24). The molecule has 1 saturated carbocycles. The molecule has 0 saturated heterocycles. The fourth-order valence-corrected chi connectivity index (χ4v) is 3.66. The molecule has 4 nitrogen and oxygen atoms in total. The van der Waals surface area contributed by atoms with Gasteiger partial charge < -0.3 is 10.6 Å². The molecule has 0 bridgehead atoms. The topological polar surface area (TPSA) is 49.3 Å². The second-order valence-corrected chi connectivity index (χ2v) is 7.57. The van der Waals surface area contributed by atoms with Gasteiger partial charge in [-0.15, -0.1) is 11.3 Å². The highest BCUT2D eigenvalue weighted by Crippen LogP contribution is 2.41. The summed E-state index contributed by atoms with van der Waals surface area (Å²) < 4.78 is 13.9. The van der Waals surface area contributed by atoms with Crippen LogP contribution in [-0.2, 0) is 6.54 Å². The molecule has 2 unspecified atom stereocenters. The van der Waals surface area contributed by atoms with Crippen LogP contribution in [0.2, 0.25) is 0 Å². The molecule has 0 radical (unpaired) electrons. The molecule has 1 aliphatic carbocycles. The maximum absolute atomic E-state index is 13.9. The van der Waals surface area contributed by atoms with Crippen LogP contribution >= 0.6 is 11.3 Å². The summed E-state index contributed by atoms with van der Waals surface area (Å²) >= 11 is 1.65. The molecule has 2 atom stereocenters. The average molecular weight is 361 g/mol. The van der Waals surface area contributed by atoms with Crippen molar-refractivity contribution in [3.05, 3.63) is 51.7 Å². The quantitative estimate of drug-likeness (QED) is 0.604. The number of thiazole rings is 1. The summed E-state index contributed by atoms with van der Waals surface area (Å²) in [4.78, 5) is 9.25. The Balaban J connectivity index is 1.61. The van der Waals surface area contributed by atoms with Crippen LogP contribution in [0.1, 0.15) is 55.3 Å². The molecule has 0 aliphatic heterocycles. The summed E-state index contributed by atoms with van der Waals surface area (Å²) in [7, 11) is 0. The maximum atomic E-state index is 13.9. The Bertz CT molecular complexity index is 741. The number of aromatic nitrogens is 1. The molecule has 1 aromatic heterocycles. The van der Waals surface area contributed by atoms with Gasteiger partial charge in [-0.1, -0.05) is 32.0 Å². The summed E-state index contributed by atoms with van der Waals surface area (Å²) in [6.45, 7) is 7.67. The van der Waals surface area contributed by atoms with Crippen molar-refractivity contribution in [1.29, 1.82) is 0 Å². The first-order valence-electron chi connectivity index (χ1n) is 8.82. The van der Waals surface area contributed by atoms with Crippen molar-refractivity contribution < 1.29 is 4.39 Å². The Morgan fingerprint density at radius 1 is 1.40 bits per heavy atom. The molecular formula is C19H25FN4S. The van der Waals surface area contributed by atoms with Crippen molar-refractivity contribution in [3.63, 3.8) is 0 Å². The van der Waals surface area contributed by atoms with Crippen LogP contribution in [0.25, 0.3) is 0 Å². The van der Waals surface area contributed by atoms with E-state index in [-0.39, 0.29) is 17.8 Å². The molecule has 1 aromatic carbocycles.